The number of carbonyl (C=O) groups excluding carboxylic acids is 1. The molecule has 4 nitrogen and oxygen atoms in total. The van der Waals surface area contributed by atoms with Crippen molar-refractivity contribution in [3.8, 4) is 16.9 Å². The Kier molecular flexibility index (Phi) is 4.70. The Balaban J connectivity index is 1.75. The molecular weight excluding hydrogens is 334 g/mol. The van der Waals surface area contributed by atoms with E-state index < -0.39 is 0 Å². The summed E-state index contributed by atoms with van der Waals surface area (Å²) in [6, 6.07) is 23.2. The molecule has 0 aliphatic rings. The van der Waals surface area contributed by atoms with E-state index in [0.717, 1.165) is 16.8 Å². The minimum Gasteiger partial charge on any atom is -0.289 e. The van der Waals surface area contributed by atoms with Crippen molar-refractivity contribution in [1.29, 1.82) is 0 Å². The molecule has 2 heterocycles. The summed E-state index contributed by atoms with van der Waals surface area (Å²) >= 11 is 0. The smallest absolute Gasteiger partial charge is 0.189 e. The molecule has 0 aliphatic carbocycles. The van der Waals surface area contributed by atoms with Crippen molar-refractivity contribution in [2.75, 3.05) is 0 Å². The van der Waals surface area contributed by atoms with Crippen LogP contribution in [0.4, 0.5) is 0 Å². The van der Waals surface area contributed by atoms with Gasteiger partial charge < -0.3 is 0 Å². The van der Waals surface area contributed by atoms with Crippen LogP contribution in [-0.2, 0) is 0 Å². The highest BCUT2D eigenvalue weighted by Crippen LogP contribution is 2.24. The fourth-order valence-electron chi connectivity index (χ4n) is 2.81. The molecule has 0 amide bonds. The van der Waals surface area contributed by atoms with Gasteiger partial charge in [-0.05, 0) is 35.9 Å². The Labute approximate surface area is 157 Å². The molecule has 0 saturated heterocycles. The highest BCUT2D eigenvalue weighted by molar-refractivity contribution is 6.10. The quantitative estimate of drug-likeness (QED) is 0.382. The monoisotopic (exact) mass is 351 g/mol. The number of hydrogen-bond donors (Lipinski definition) is 0. The van der Waals surface area contributed by atoms with E-state index in [1.165, 1.54) is 0 Å². The van der Waals surface area contributed by atoms with Crippen LogP contribution in [0.1, 0.15) is 15.9 Å². The van der Waals surface area contributed by atoms with Gasteiger partial charge >= 0.3 is 0 Å². The molecule has 2 aromatic heterocycles. The molecule has 4 heteroatoms. The highest BCUT2D eigenvalue weighted by atomic mass is 16.1. The minimum absolute atomic E-state index is 0.0973. The third kappa shape index (κ3) is 3.75. The molecule has 0 saturated carbocycles. The first-order valence-electron chi connectivity index (χ1n) is 8.64. The van der Waals surface area contributed by atoms with E-state index in [0.29, 0.717) is 11.3 Å². The fourth-order valence-corrected chi connectivity index (χ4v) is 2.81. The zero-order valence-electron chi connectivity index (χ0n) is 14.6. The Bertz CT molecular complexity index is 1070. The third-order valence-corrected chi connectivity index (χ3v) is 4.16. The summed E-state index contributed by atoms with van der Waals surface area (Å²) in [4.78, 5) is 17.1. The summed E-state index contributed by atoms with van der Waals surface area (Å²) in [6.07, 6.45) is 8.59. The van der Waals surface area contributed by atoms with Crippen molar-refractivity contribution in [3.05, 3.63) is 109 Å². The van der Waals surface area contributed by atoms with E-state index in [-0.39, 0.29) is 5.78 Å². The summed E-state index contributed by atoms with van der Waals surface area (Å²) in [5.74, 6) is -0.0973. The first-order chi connectivity index (χ1) is 13.3. The average Bonchev–Trinajstić information content (AvgIpc) is 3.20. The molecule has 2 aromatic carbocycles. The minimum atomic E-state index is -0.0973. The van der Waals surface area contributed by atoms with Crippen molar-refractivity contribution in [2.24, 2.45) is 0 Å². The van der Waals surface area contributed by atoms with Crippen molar-refractivity contribution in [1.82, 2.24) is 14.8 Å². The zero-order valence-corrected chi connectivity index (χ0v) is 14.6. The van der Waals surface area contributed by atoms with Crippen LogP contribution in [0.25, 0.3) is 23.0 Å². The van der Waals surface area contributed by atoms with Crippen LogP contribution in [0.15, 0.2) is 97.5 Å². The maximum atomic E-state index is 12.9. The third-order valence-electron chi connectivity index (χ3n) is 4.16. The topological polar surface area (TPSA) is 47.8 Å². The van der Waals surface area contributed by atoms with Gasteiger partial charge in [0.15, 0.2) is 5.78 Å². The molecular formula is C23H17N3O. The molecule has 0 fully saturated rings. The van der Waals surface area contributed by atoms with Gasteiger partial charge in [-0.2, -0.15) is 5.10 Å². The van der Waals surface area contributed by atoms with Crippen LogP contribution in [0.2, 0.25) is 0 Å². The average molecular weight is 351 g/mol. The van der Waals surface area contributed by atoms with Crippen molar-refractivity contribution in [3.63, 3.8) is 0 Å². The van der Waals surface area contributed by atoms with Gasteiger partial charge in [0.05, 0.1) is 11.3 Å². The van der Waals surface area contributed by atoms with Gasteiger partial charge in [-0.1, -0.05) is 54.6 Å². The number of hydrogen-bond acceptors (Lipinski definition) is 3. The first-order valence-corrected chi connectivity index (χ1v) is 8.64. The Morgan fingerprint density at radius 1 is 0.889 bits per heavy atom. The second kappa shape index (κ2) is 7.62. The van der Waals surface area contributed by atoms with E-state index in [1.54, 1.807) is 29.3 Å². The van der Waals surface area contributed by atoms with Crippen molar-refractivity contribution < 1.29 is 4.79 Å². The van der Waals surface area contributed by atoms with Gasteiger partial charge in [0.2, 0.25) is 0 Å². The SMILES string of the molecule is O=C(C=Cc1ccccc1)c1cn(-c2ccccc2)nc1-c1cccnc1. The Morgan fingerprint density at radius 3 is 2.33 bits per heavy atom. The number of carbonyl (C=O) groups is 1. The number of nitrogens with zero attached hydrogens (tertiary/aromatic N) is 3. The van der Waals surface area contributed by atoms with Crippen LogP contribution in [0.3, 0.4) is 0 Å². The highest BCUT2D eigenvalue weighted by Gasteiger charge is 2.17. The van der Waals surface area contributed by atoms with Gasteiger partial charge in [0.25, 0.3) is 0 Å². The Morgan fingerprint density at radius 2 is 1.63 bits per heavy atom. The van der Waals surface area contributed by atoms with Crippen LogP contribution in [-0.4, -0.2) is 20.5 Å². The predicted molar refractivity (Wildman–Crippen MR) is 107 cm³/mol. The molecule has 0 atom stereocenters. The molecule has 0 aliphatic heterocycles. The summed E-state index contributed by atoms with van der Waals surface area (Å²) in [5.41, 5.74) is 3.84. The molecule has 4 rings (SSSR count). The second-order valence-corrected chi connectivity index (χ2v) is 6.02. The van der Waals surface area contributed by atoms with Crippen LogP contribution in [0, 0.1) is 0 Å². The zero-order chi connectivity index (χ0) is 18.5. The van der Waals surface area contributed by atoms with Gasteiger partial charge in [-0.3, -0.25) is 9.78 Å². The van der Waals surface area contributed by atoms with Crippen LogP contribution in [0.5, 0.6) is 0 Å². The summed E-state index contributed by atoms with van der Waals surface area (Å²) < 4.78 is 1.73. The van der Waals surface area contributed by atoms with E-state index in [4.69, 9.17) is 0 Å². The summed E-state index contributed by atoms with van der Waals surface area (Å²) in [6.45, 7) is 0. The van der Waals surface area contributed by atoms with Gasteiger partial charge in [0.1, 0.15) is 5.69 Å². The number of benzene rings is 2. The maximum Gasteiger partial charge on any atom is 0.189 e. The summed E-state index contributed by atoms with van der Waals surface area (Å²) in [7, 11) is 0. The molecule has 4 aromatic rings. The maximum absolute atomic E-state index is 12.9. The van der Waals surface area contributed by atoms with E-state index in [2.05, 4.69) is 10.1 Å². The molecule has 0 spiro atoms. The van der Waals surface area contributed by atoms with Crippen molar-refractivity contribution >= 4 is 11.9 Å². The largest absolute Gasteiger partial charge is 0.289 e. The lowest BCUT2D eigenvalue weighted by Gasteiger charge is -2.00. The first kappa shape index (κ1) is 16.7. The van der Waals surface area contributed by atoms with E-state index in [1.807, 2.05) is 78.9 Å². The summed E-state index contributed by atoms with van der Waals surface area (Å²) in [5, 5.41) is 4.65. The molecule has 27 heavy (non-hydrogen) atoms. The van der Waals surface area contributed by atoms with Crippen LogP contribution >= 0.6 is 0 Å². The molecule has 0 unspecified atom stereocenters. The fraction of sp³-hybridized carbons (Fsp3) is 0. The van der Waals surface area contributed by atoms with Crippen LogP contribution < -0.4 is 0 Å². The van der Waals surface area contributed by atoms with Gasteiger partial charge in [0, 0.05) is 24.2 Å². The molecule has 0 N–H and O–H groups in total. The number of allylic oxidation sites excluding steroid dienone is 1. The van der Waals surface area contributed by atoms with E-state index in [9.17, 15) is 4.79 Å². The second-order valence-electron chi connectivity index (χ2n) is 6.02. The normalized spacial score (nSPS) is 11.0. The van der Waals surface area contributed by atoms with Gasteiger partial charge in [-0.25, -0.2) is 4.68 Å². The number of para-hydroxylation sites is 1. The number of pyridine rings is 1. The lowest BCUT2D eigenvalue weighted by atomic mass is 10.1. The molecule has 0 radical (unpaired) electrons. The number of ketones is 1. The predicted octanol–water partition coefficient (Wildman–Crippen LogP) is 4.83. The number of rotatable bonds is 5. The van der Waals surface area contributed by atoms with Crippen molar-refractivity contribution in [2.45, 2.75) is 0 Å². The Hall–Kier alpha value is -3.79. The number of aromatic nitrogens is 3. The standard InChI is InChI=1S/C23H17N3O/c27-22(14-13-18-8-3-1-4-9-18)21-17-26(20-11-5-2-6-12-20)25-23(21)19-10-7-15-24-16-19/h1-17H. The van der Waals surface area contributed by atoms with Gasteiger partial charge in [-0.15, -0.1) is 0 Å². The lowest BCUT2D eigenvalue weighted by Crippen LogP contribution is -1.95. The molecule has 0 bridgehead atoms. The van der Waals surface area contributed by atoms with E-state index >= 15 is 0 Å². The lowest BCUT2D eigenvalue weighted by molar-refractivity contribution is 0.104. The molecule has 130 valence electrons.